The fourth-order valence-electron chi connectivity index (χ4n) is 1.36. The molecular formula is C9H15NO3. The van der Waals surface area contributed by atoms with Gasteiger partial charge in [0.15, 0.2) is 0 Å². The molecule has 1 heterocycles. The molecule has 0 aromatic rings. The molecule has 13 heavy (non-hydrogen) atoms. The molecule has 1 aliphatic heterocycles. The van der Waals surface area contributed by atoms with Gasteiger partial charge in [0.1, 0.15) is 6.04 Å². The second-order valence-corrected chi connectivity index (χ2v) is 2.96. The first-order valence-corrected chi connectivity index (χ1v) is 4.31. The van der Waals surface area contributed by atoms with E-state index in [1.165, 1.54) is 7.11 Å². The highest BCUT2D eigenvalue weighted by molar-refractivity contribution is 5.76. The van der Waals surface area contributed by atoms with Crippen molar-refractivity contribution in [1.82, 2.24) is 5.32 Å². The summed E-state index contributed by atoms with van der Waals surface area (Å²) in [6, 6.07) is -0.209. The average molecular weight is 185 g/mol. The minimum atomic E-state index is -0.218. The molecule has 0 bridgehead atoms. The summed E-state index contributed by atoms with van der Waals surface area (Å²) in [5.41, 5.74) is 0. The Morgan fingerprint density at radius 2 is 2.54 bits per heavy atom. The molecule has 2 unspecified atom stereocenters. The van der Waals surface area contributed by atoms with Crippen LogP contribution in [0.1, 0.15) is 6.42 Å². The first-order valence-electron chi connectivity index (χ1n) is 4.31. The van der Waals surface area contributed by atoms with Gasteiger partial charge in [-0.25, -0.2) is 0 Å². The van der Waals surface area contributed by atoms with Gasteiger partial charge in [-0.2, -0.15) is 0 Å². The largest absolute Gasteiger partial charge is 0.468 e. The predicted molar refractivity (Wildman–Crippen MR) is 48.4 cm³/mol. The van der Waals surface area contributed by atoms with Crippen LogP contribution in [-0.2, 0) is 14.3 Å². The van der Waals surface area contributed by atoms with Crippen molar-refractivity contribution in [3.05, 3.63) is 12.7 Å². The predicted octanol–water partition coefficient (Wildman–Crippen LogP) is 0.0925. The van der Waals surface area contributed by atoms with Gasteiger partial charge in [0, 0.05) is 13.0 Å². The maximum atomic E-state index is 11.1. The number of nitrogens with one attached hydrogen (secondary N) is 1. The van der Waals surface area contributed by atoms with Crippen LogP contribution in [-0.4, -0.2) is 38.4 Å². The highest BCUT2D eigenvalue weighted by Gasteiger charge is 2.30. The molecule has 1 rings (SSSR count). The normalized spacial score (nSPS) is 27.2. The van der Waals surface area contributed by atoms with E-state index in [1.807, 2.05) is 0 Å². The molecule has 1 fully saturated rings. The van der Waals surface area contributed by atoms with Gasteiger partial charge in [0.05, 0.1) is 19.8 Å². The molecule has 0 spiro atoms. The van der Waals surface area contributed by atoms with Crippen LogP contribution in [0.2, 0.25) is 0 Å². The van der Waals surface area contributed by atoms with Gasteiger partial charge in [-0.3, -0.25) is 4.79 Å². The van der Waals surface area contributed by atoms with E-state index in [0.29, 0.717) is 19.6 Å². The minimum Gasteiger partial charge on any atom is -0.468 e. The smallest absolute Gasteiger partial charge is 0.322 e. The summed E-state index contributed by atoms with van der Waals surface area (Å²) in [5, 5.41) is 3.03. The van der Waals surface area contributed by atoms with Gasteiger partial charge in [0.2, 0.25) is 0 Å². The van der Waals surface area contributed by atoms with Crippen LogP contribution in [0, 0.1) is 0 Å². The van der Waals surface area contributed by atoms with E-state index in [4.69, 9.17) is 4.74 Å². The number of carbonyl (C=O) groups is 1. The van der Waals surface area contributed by atoms with Crippen LogP contribution >= 0.6 is 0 Å². The first kappa shape index (κ1) is 10.2. The Morgan fingerprint density at radius 3 is 3.15 bits per heavy atom. The van der Waals surface area contributed by atoms with Crippen molar-refractivity contribution in [1.29, 1.82) is 0 Å². The molecule has 74 valence electrons. The summed E-state index contributed by atoms with van der Waals surface area (Å²) in [5.74, 6) is -0.218. The third-order valence-corrected chi connectivity index (χ3v) is 2.03. The summed E-state index contributed by atoms with van der Waals surface area (Å²) in [7, 11) is 1.39. The van der Waals surface area contributed by atoms with Crippen LogP contribution in [0.15, 0.2) is 12.7 Å². The van der Waals surface area contributed by atoms with Crippen molar-refractivity contribution in [2.24, 2.45) is 0 Å². The van der Waals surface area contributed by atoms with Crippen LogP contribution in [0.25, 0.3) is 0 Å². The lowest BCUT2D eigenvalue weighted by Crippen LogP contribution is -2.31. The highest BCUT2D eigenvalue weighted by Crippen LogP contribution is 2.11. The molecule has 0 aromatic carbocycles. The van der Waals surface area contributed by atoms with Crippen LogP contribution in [0.4, 0.5) is 0 Å². The fourth-order valence-corrected chi connectivity index (χ4v) is 1.36. The SMILES string of the molecule is C=CCOC1CNC(C(=O)OC)C1. The Bertz CT molecular complexity index is 193. The number of esters is 1. The summed E-state index contributed by atoms with van der Waals surface area (Å²) in [6.07, 6.45) is 2.48. The Morgan fingerprint density at radius 1 is 1.77 bits per heavy atom. The van der Waals surface area contributed by atoms with Gasteiger partial charge >= 0.3 is 5.97 Å². The number of hydrogen-bond acceptors (Lipinski definition) is 4. The fraction of sp³-hybridized carbons (Fsp3) is 0.667. The Balaban J connectivity index is 2.27. The van der Waals surface area contributed by atoms with Crippen molar-refractivity contribution < 1.29 is 14.3 Å². The molecule has 0 radical (unpaired) electrons. The van der Waals surface area contributed by atoms with E-state index in [-0.39, 0.29) is 18.1 Å². The summed E-state index contributed by atoms with van der Waals surface area (Å²) >= 11 is 0. The van der Waals surface area contributed by atoms with E-state index in [2.05, 4.69) is 16.6 Å². The molecule has 4 heteroatoms. The van der Waals surface area contributed by atoms with Crippen molar-refractivity contribution >= 4 is 5.97 Å². The Labute approximate surface area is 77.9 Å². The van der Waals surface area contributed by atoms with Gasteiger partial charge in [-0.15, -0.1) is 6.58 Å². The minimum absolute atomic E-state index is 0.0992. The molecule has 0 aliphatic carbocycles. The monoisotopic (exact) mass is 185 g/mol. The molecule has 4 nitrogen and oxygen atoms in total. The van der Waals surface area contributed by atoms with Crippen molar-refractivity contribution in [3.8, 4) is 0 Å². The lowest BCUT2D eigenvalue weighted by Gasteiger charge is -2.08. The van der Waals surface area contributed by atoms with E-state index in [1.54, 1.807) is 6.08 Å². The zero-order valence-electron chi connectivity index (χ0n) is 7.79. The molecule has 0 aromatic heterocycles. The molecular weight excluding hydrogens is 170 g/mol. The lowest BCUT2D eigenvalue weighted by molar-refractivity contribution is -0.142. The number of carbonyl (C=O) groups excluding carboxylic acids is 1. The number of ether oxygens (including phenoxy) is 2. The van der Waals surface area contributed by atoms with Gasteiger partial charge in [-0.1, -0.05) is 6.08 Å². The zero-order chi connectivity index (χ0) is 9.68. The van der Waals surface area contributed by atoms with Crippen molar-refractivity contribution in [2.75, 3.05) is 20.3 Å². The van der Waals surface area contributed by atoms with Gasteiger partial charge in [-0.05, 0) is 0 Å². The first-order chi connectivity index (χ1) is 6.27. The number of rotatable bonds is 4. The molecule has 2 atom stereocenters. The summed E-state index contributed by atoms with van der Waals surface area (Å²) in [6.45, 7) is 4.78. The van der Waals surface area contributed by atoms with Gasteiger partial charge < -0.3 is 14.8 Å². The topological polar surface area (TPSA) is 47.6 Å². The zero-order valence-corrected chi connectivity index (χ0v) is 7.79. The number of methoxy groups -OCH3 is 1. The van der Waals surface area contributed by atoms with Crippen LogP contribution in [0.3, 0.4) is 0 Å². The quantitative estimate of drug-likeness (QED) is 0.498. The molecule has 1 N–H and O–H groups in total. The van der Waals surface area contributed by atoms with E-state index in [9.17, 15) is 4.79 Å². The molecule has 0 amide bonds. The maximum absolute atomic E-state index is 11.1. The third-order valence-electron chi connectivity index (χ3n) is 2.03. The summed E-state index contributed by atoms with van der Waals surface area (Å²) in [4.78, 5) is 11.1. The summed E-state index contributed by atoms with van der Waals surface area (Å²) < 4.78 is 10.00. The third kappa shape index (κ3) is 2.82. The highest BCUT2D eigenvalue weighted by atomic mass is 16.5. The Hall–Kier alpha value is -0.870. The molecule has 1 aliphatic rings. The Kier molecular flexibility index (Phi) is 3.92. The second-order valence-electron chi connectivity index (χ2n) is 2.96. The van der Waals surface area contributed by atoms with E-state index in [0.717, 1.165) is 0 Å². The second kappa shape index (κ2) is 4.99. The van der Waals surface area contributed by atoms with Crippen LogP contribution in [0.5, 0.6) is 0 Å². The molecule has 0 saturated carbocycles. The standard InChI is InChI=1S/C9H15NO3/c1-3-4-13-7-5-8(10-6-7)9(11)12-2/h3,7-8,10H,1,4-6H2,2H3. The van der Waals surface area contributed by atoms with Crippen LogP contribution < -0.4 is 5.32 Å². The van der Waals surface area contributed by atoms with Crippen molar-refractivity contribution in [2.45, 2.75) is 18.6 Å². The molecule has 1 saturated heterocycles. The van der Waals surface area contributed by atoms with Gasteiger partial charge in [0.25, 0.3) is 0 Å². The van der Waals surface area contributed by atoms with E-state index >= 15 is 0 Å². The maximum Gasteiger partial charge on any atom is 0.322 e. The van der Waals surface area contributed by atoms with Crippen molar-refractivity contribution in [3.63, 3.8) is 0 Å². The average Bonchev–Trinajstić information content (AvgIpc) is 2.62. The lowest BCUT2D eigenvalue weighted by atomic mass is 10.2. The van der Waals surface area contributed by atoms with E-state index < -0.39 is 0 Å². The number of hydrogen-bond donors (Lipinski definition) is 1.